The van der Waals surface area contributed by atoms with Gasteiger partial charge in [-0.05, 0) is 42.5 Å². The van der Waals surface area contributed by atoms with Gasteiger partial charge in [-0.2, -0.15) is 13.2 Å². The third kappa shape index (κ3) is 5.04. The average molecular weight is 431 g/mol. The van der Waals surface area contributed by atoms with Gasteiger partial charge < -0.3 is 14.6 Å². The molecule has 31 heavy (non-hydrogen) atoms. The van der Waals surface area contributed by atoms with Gasteiger partial charge in [0.25, 0.3) is 11.5 Å². The molecule has 1 fully saturated rings. The fraction of sp³-hybridized carbons (Fsp3) is 0.318. The number of alkyl halides is 3. The molecule has 0 aliphatic heterocycles. The van der Waals surface area contributed by atoms with Crippen LogP contribution in [-0.4, -0.2) is 22.1 Å². The Bertz CT molecular complexity index is 1160. The highest BCUT2D eigenvalue weighted by atomic mass is 19.4. The number of rotatable bonds is 7. The highest BCUT2D eigenvalue weighted by molar-refractivity contribution is 5.85. The van der Waals surface area contributed by atoms with Crippen LogP contribution in [0.3, 0.4) is 0 Å². The number of hydrogen-bond acceptors (Lipinski definition) is 4. The molecule has 0 unspecified atom stereocenters. The molecule has 1 aliphatic rings. The van der Waals surface area contributed by atoms with Crippen LogP contribution in [-0.2, 0) is 24.1 Å². The van der Waals surface area contributed by atoms with Crippen molar-refractivity contribution in [2.75, 3.05) is 6.61 Å². The first-order chi connectivity index (χ1) is 14.8. The second kappa shape index (κ2) is 8.41. The Kier molecular flexibility index (Phi) is 5.67. The van der Waals surface area contributed by atoms with Crippen molar-refractivity contribution in [3.05, 3.63) is 70.3 Å². The summed E-state index contributed by atoms with van der Waals surface area (Å²) in [5, 5.41) is 2.61. The topological polar surface area (TPSA) is 73.2 Å². The van der Waals surface area contributed by atoms with Gasteiger partial charge in [0.1, 0.15) is 5.75 Å². The molecule has 6 nitrogen and oxygen atoms in total. The molecule has 3 aromatic rings. The smallest absolute Gasteiger partial charge is 0.417 e. The van der Waals surface area contributed by atoms with Crippen LogP contribution in [0.15, 0.2) is 53.6 Å². The summed E-state index contributed by atoms with van der Waals surface area (Å²) in [6.45, 7) is 0.337. The molecule has 0 spiro atoms. The predicted molar refractivity (Wildman–Crippen MR) is 108 cm³/mol. The van der Waals surface area contributed by atoms with Crippen molar-refractivity contribution in [1.29, 1.82) is 0 Å². The Morgan fingerprint density at radius 2 is 2.03 bits per heavy atom. The molecule has 1 amide bonds. The van der Waals surface area contributed by atoms with Crippen LogP contribution in [0.5, 0.6) is 5.75 Å². The van der Waals surface area contributed by atoms with E-state index in [4.69, 9.17) is 4.74 Å². The summed E-state index contributed by atoms with van der Waals surface area (Å²) in [5.74, 6) is 0.121. The van der Waals surface area contributed by atoms with Gasteiger partial charge in [0.2, 0.25) is 0 Å². The number of ether oxygens (including phenoxy) is 1. The Hall–Kier alpha value is -3.36. The lowest BCUT2D eigenvalue weighted by Gasteiger charge is -2.16. The number of carbonyl (C=O) groups is 1. The van der Waals surface area contributed by atoms with Crippen LogP contribution in [0.4, 0.5) is 13.2 Å². The molecule has 0 atom stereocenters. The molecule has 0 radical (unpaired) electrons. The predicted octanol–water partition coefficient (Wildman–Crippen LogP) is 3.52. The highest BCUT2D eigenvalue weighted by Gasteiger charge is 2.34. The second-order valence-electron chi connectivity index (χ2n) is 7.55. The van der Waals surface area contributed by atoms with Gasteiger partial charge >= 0.3 is 6.18 Å². The maximum atomic E-state index is 13.4. The zero-order valence-electron chi connectivity index (χ0n) is 16.5. The van der Waals surface area contributed by atoms with Crippen LogP contribution < -0.4 is 15.6 Å². The van der Waals surface area contributed by atoms with Crippen LogP contribution in [0.2, 0.25) is 0 Å². The zero-order chi connectivity index (χ0) is 22.0. The lowest BCUT2D eigenvalue weighted by molar-refractivity contribution is -0.136. The van der Waals surface area contributed by atoms with E-state index < -0.39 is 17.3 Å². The first-order valence-electron chi connectivity index (χ1n) is 9.84. The lowest BCUT2D eigenvalue weighted by Crippen LogP contribution is -2.28. The summed E-state index contributed by atoms with van der Waals surface area (Å²) in [6.07, 6.45) is 0.498. The van der Waals surface area contributed by atoms with Gasteiger partial charge in [0, 0.05) is 43.0 Å². The minimum atomic E-state index is -4.65. The van der Waals surface area contributed by atoms with Gasteiger partial charge in [-0.1, -0.05) is 6.07 Å². The molecule has 162 valence electrons. The molecule has 0 saturated heterocycles. The maximum Gasteiger partial charge on any atom is 0.417 e. The van der Waals surface area contributed by atoms with E-state index in [0.717, 1.165) is 18.4 Å². The first-order valence-corrected chi connectivity index (χ1v) is 9.84. The van der Waals surface area contributed by atoms with Crippen molar-refractivity contribution in [2.45, 2.75) is 32.1 Å². The summed E-state index contributed by atoms with van der Waals surface area (Å²) < 4.78 is 47.2. The third-order valence-electron chi connectivity index (χ3n) is 5.11. The molecule has 1 saturated carbocycles. The minimum absolute atomic E-state index is 0.0684. The Balaban J connectivity index is 1.54. The number of pyridine rings is 2. The van der Waals surface area contributed by atoms with E-state index in [1.807, 2.05) is 6.07 Å². The van der Waals surface area contributed by atoms with Crippen molar-refractivity contribution in [3.8, 4) is 5.75 Å². The van der Waals surface area contributed by atoms with E-state index in [-0.39, 0.29) is 35.7 Å². The van der Waals surface area contributed by atoms with Gasteiger partial charge in [0.15, 0.2) is 6.61 Å². The quantitative estimate of drug-likeness (QED) is 0.621. The van der Waals surface area contributed by atoms with Crippen molar-refractivity contribution >= 4 is 16.8 Å². The van der Waals surface area contributed by atoms with Gasteiger partial charge in [-0.15, -0.1) is 0 Å². The van der Waals surface area contributed by atoms with E-state index in [9.17, 15) is 22.8 Å². The number of halogens is 3. The molecule has 4 rings (SSSR count). The van der Waals surface area contributed by atoms with E-state index in [1.54, 1.807) is 18.5 Å². The number of hydrogen-bond donors (Lipinski definition) is 1. The van der Waals surface area contributed by atoms with Crippen LogP contribution >= 0.6 is 0 Å². The van der Waals surface area contributed by atoms with E-state index in [2.05, 4.69) is 10.3 Å². The molecule has 9 heteroatoms. The molecular formula is C22H20F3N3O3. The number of nitrogens with one attached hydrogen (secondary N) is 1. The number of carbonyl (C=O) groups excluding carboxylic acids is 1. The van der Waals surface area contributed by atoms with Gasteiger partial charge in [-0.3, -0.25) is 14.6 Å². The minimum Gasteiger partial charge on any atom is -0.484 e. The van der Waals surface area contributed by atoms with E-state index in [0.29, 0.717) is 18.5 Å². The molecule has 2 heterocycles. The largest absolute Gasteiger partial charge is 0.484 e. The number of fused-ring (bicyclic) bond motifs is 1. The summed E-state index contributed by atoms with van der Waals surface area (Å²) >= 11 is 0. The van der Waals surface area contributed by atoms with Gasteiger partial charge in [0.05, 0.1) is 11.1 Å². The molecule has 1 aromatic carbocycles. The standard InChI is InChI=1S/C22H20F3N3O3/c23-22(24,25)18-9-21(30)28(12-14-3-4-14)19-8-16(5-6-17(18)19)31-13-20(29)27-11-15-2-1-7-26-10-15/h1-2,5-10,14H,3-4,11-13H2,(H,27,29). The average Bonchev–Trinajstić information content (AvgIpc) is 3.56. The van der Waals surface area contributed by atoms with Crippen LogP contribution in [0, 0.1) is 5.92 Å². The summed E-state index contributed by atoms with van der Waals surface area (Å²) in [4.78, 5) is 28.4. The molecule has 1 N–H and O–H groups in total. The Morgan fingerprint density at radius 1 is 1.23 bits per heavy atom. The van der Waals surface area contributed by atoms with Crippen LogP contribution in [0.1, 0.15) is 24.0 Å². The monoisotopic (exact) mass is 431 g/mol. The fourth-order valence-corrected chi connectivity index (χ4v) is 3.33. The summed E-state index contributed by atoms with van der Waals surface area (Å²) in [7, 11) is 0. The molecular weight excluding hydrogens is 411 g/mol. The van der Waals surface area contributed by atoms with E-state index in [1.165, 1.54) is 22.8 Å². The van der Waals surface area contributed by atoms with Crippen LogP contribution in [0.25, 0.3) is 10.9 Å². The Morgan fingerprint density at radius 3 is 2.71 bits per heavy atom. The van der Waals surface area contributed by atoms with Crippen molar-refractivity contribution < 1.29 is 22.7 Å². The maximum absolute atomic E-state index is 13.4. The van der Waals surface area contributed by atoms with E-state index >= 15 is 0 Å². The van der Waals surface area contributed by atoms with Crippen molar-refractivity contribution in [3.63, 3.8) is 0 Å². The van der Waals surface area contributed by atoms with Gasteiger partial charge in [-0.25, -0.2) is 0 Å². The number of nitrogens with zero attached hydrogens (tertiary/aromatic N) is 2. The summed E-state index contributed by atoms with van der Waals surface area (Å²) in [5.41, 5.74) is -0.691. The normalized spacial score (nSPS) is 13.9. The first kappa shape index (κ1) is 20.9. The summed E-state index contributed by atoms with van der Waals surface area (Å²) in [6, 6.07) is 8.26. The number of aromatic nitrogens is 2. The van der Waals surface area contributed by atoms with Crippen molar-refractivity contribution in [1.82, 2.24) is 14.9 Å². The number of benzene rings is 1. The highest BCUT2D eigenvalue weighted by Crippen LogP contribution is 2.36. The Labute approximate surface area is 175 Å². The SMILES string of the molecule is O=C(COc1ccc2c(C(F)(F)F)cc(=O)n(CC3CC3)c2c1)NCc1cccnc1. The molecule has 1 aliphatic carbocycles. The number of amides is 1. The molecule has 2 aromatic heterocycles. The second-order valence-corrected chi connectivity index (χ2v) is 7.55. The third-order valence-corrected chi connectivity index (χ3v) is 5.11. The zero-order valence-corrected chi connectivity index (χ0v) is 16.5. The molecule has 0 bridgehead atoms. The lowest BCUT2D eigenvalue weighted by atomic mass is 10.1. The fourth-order valence-electron chi connectivity index (χ4n) is 3.33. The van der Waals surface area contributed by atoms with Crippen molar-refractivity contribution in [2.24, 2.45) is 5.92 Å².